The second-order valence-electron chi connectivity index (χ2n) is 3.07. The highest BCUT2D eigenvalue weighted by atomic mass is 16.3. The Morgan fingerprint density at radius 3 is 2.60 bits per heavy atom. The van der Waals surface area contributed by atoms with Crippen molar-refractivity contribution in [1.82, 2.24) is 4.90 Å². The number of hydrogen-bond donors (Lipinski definition) is 1. The molecule has 0 spiro atoms. The molecule has 1 rings (SSSR count). The SMILES string of the molecule is CC#CCN1CC(C)(O)C1. The van der Waals surface area contributed by atoms with Crippen molar-refractivity contribution in [3.05, 3.63) is 0 Å². The Balaban J connectivity index is 2.19. The molecule has 0 amide bonds. The van der Waals surface area contributed by atoms with Gasteiger partial charge in [0.15, 0.2) is 0 Å². The van der Waals surface area contributed by atoms with Crippen molar-refractivity contribution in [2.75, 3.05) is 19.6 Å². The maximum absolute atomic E-state index is 9.29. The van der Waals surface area contributed by atoms with Gasteiger partial charge in [0.2, 0.25) is 0 Å². The van der Waals surface area contributed by atoms with Gasteiger partial charge in [0.25, 0.3) is 0 Å². The molecule has 0 aromatic heterocycles. The van der Waals surface area contributed by atoms with E-state index in [1.54, 1.807) is 0 Å². The van der Waals surface area contributed by atoms with Crippen LogP contribution in [0.5, 0.6) is 0 Å². The second-order valence-corrected chi connectivity index (χ2v) is 3.07. The minimum Gasteiger partial charge on any atom is -0.388 e. The first-order chi connectivity index (χ1) is 4.64. The molecule has 56 valence electrons. The summed E-state index contributed by atoms with van der Waals surface area (Å²) in [6.07, 6.45) is 0. The van der Waals surface area contributed by atoms with Crippen LogP contribution in [0.25, 0.3) is 0 Å². The van der Waals surface area contributed by atoms with Crippen molar-refractivity contribution < 1.29 is 5.11 Å². The van der Waals surface area contributed by atoms with E-state index in [0.29, 0.717) is 0 Å². The van der Waals surface area contributed by atoms with Gasteiger partial charge in [-0.1, -0.05) is 5.92 Å². The van der Waals surface area contributed by atoms with Gasteiger partial charge < -0.3 is 5.11 Å². The fraction of sp³-hybridized carbons (Fsp3) is 0.750. The molecule has 1 saturated heterocycles. The predicted molar refractivity (Wildman–Crippen MR) is 40.5 cm³/mol. The Labute approximate surface area is 61.8 Å². The standard InChI is InChI=1S/C8H13NO/c1-3-4-5-9-6-8(2,10)7-9/h10H,5-7H2,1-2H3. The lowest BCUT2D eigenvalue weighted by molar-refractivity contribution is -0.0768. The summed E-state index contributed by atoms with van der Waals surface area (Å²) in [7, 11) is 0. The molecule has 0 aliphatic carbocycles. The summed E-state index contributed by atoms with van der Waals surface area (Å²) >= 11 is 0. The van der Waals surface area contributed by atoms with Crippen LogP contribution in [0.4, 0.5) is 0 Å². The van der Waals surface area contributed by atoms with Gasteiger partial charge in [0, 0.05) is 13.1 Å². The molecule has 0 unspecified atom stereocenters. The Hall–Kier alpha value is -0.520. The van der Waals surface area contributed by atoms with Gasteiger partial charge in [0.05, 0.1) is 12.1 Å². The summed E-state index contributed by atoms with van der Waals surface area (Å²) in [5.74, 6) is 5.77. The van der Waals surface area contributed by atoms with E-state index < -0.39 is 5.60 Å². The molecule has 1 aliphatic rings. The topological polar surface area (TPSA) is 23.5 Å². The molecule has 0 aromatic rings. The fourth-order valence-electron chi connectivity index (χ4n) is 1.22. The molecule has 1 N–H and O–H groups in total. The maximum atomic E-state index is 9.29. The Bertz CT molecular complexity index is 167. The lowest BCUT2D eigenvalue weighted by atomic mass is 9.97. The largest absolute Gasteiger partial charge is 0.388 e. The highest BCUT2D eigenvalue weighted by Gasteiger charge is 2.35. The maximum Gasteiger partial charge on any atom is 0.0872 e. The van der Waals surface area contributed by atoms with E-state index in [9.17, 15) is 5.11 Å². The van der Waals surface area contributed by atoms with E-state index in [2.05, 4.69) is 16.7 Å². The van der Waals surface area contributed by atoms with Crippen LogP contribution in [0, 0.1) is 11.8 Å². The third-order valence-electron chi connectivity index (χ3n) is 1.61. The lowest BCUT2D eigenvalue weighted by Crippen LogP contribution is -2.59. The van der Waals surface area contributed by atoms with E-state index in [1.807, 2.05) is 13.8 Å². The normalized spacial score (nSPS) is 22.7. The molecule has 0 saturated carbocycles. The monoisotopic (exact) mass is 139 g/mol. The third kappa shape index (κ3) is 1.73. The van der Waals surface area contributed by atoms with Crippen molar-refractivity contribution in [3.63, 3.8) is 0 Å². The van der Waals surface area contributed by atoms with Crippen LogP contribution in [0.2, 0.25) is 0 Å². The number of β-amino-alcohol motifs (C(OH)–C–C–N with tert-alkyl or cyclic N) is 1. The van der Waals surface area contributed by atoms with Crippen LogP contribution in [0.1, 0.15) is 13.8 Å². The fourth-order valence-corrected chi connectivity index (χ4v) is 1.22. The summed E-state index contributed by atoms with van der Waals surface area (Å²) in [6.45, 7) is 6.01. The van der Waals surface area contributed by atoms with Gasteiger partial charge in [-0.3, -0.25) is 4.90 Å². The van der Waals surface area contributed by atoms with E-state index in [1.165, 1.54) is 0 Å². The zero-order chi connectivity index (χ0) is 7.61. The van der Waals surface area contributed by atoms with Crippen molar-refractivity contribution in [2.45, 2.75) is 19.4 Å². The number of hydrogen-bond acceptors (Lipinski definition) is 2. The van der Waals surface area contributed by atoms with Crippen LogP contribution >= 0.6 is 0 Å². The minimum absolute atomic E-state index is 0.449. The quantitative estimate of drug-likeness (QED) is 0.520. The van der Waals surface area contributed by atoms with E-state index in [4.69, 9.17) is 0 Å². The Morgan fingerprint density at radius 1 is 1.60 bits per heavy atom. The lowest BCUT2D eigenvalue weighted by Gasteiger charge is -2.43. The average molecular weight is 139 g/mol. The van der Waals surface area contributed by atoms with E-state index in [-0.39, 0.29) is 0 Å². The zero-order valence-electron chi connectivity index (χ0n) is 6.52. The first-order valence-corrected chi connectivity index (χ1v) is 3.48. The van der Waals surface area contributed by atoms with Crippen molar-refractivity contribution in [3.8, 4) is 11.8 Å². The molecule has 0 radical (unpaired) electrons. The van der Waals surface area contributed by atoms with Gasteiger partial charge in [-0.2, -0.15) is 0 Å². The number of rotatable bonds is 1. The van der Waals surface area contributed by atoms with Gasteiger partial charge in [-0.05, 0) is 13.8 Å². The second kappa shape index (κ2) is 2.61. The molecule has 0 aromatic carbocycles. The number of likely N-dealkylation sites (tertiary alicyclic amines) is 1. The van der Waals surface area contributed by atoms with Crippen LogP contribution in [0.15, 0.2) is 0 Å². The van der Waals surface area contributed by atoms with Crippen LogP contribution in [-0.4, -0.2) is 35.2 Å². The molecule has 1 fully saturated rings. The summed E-state index contributed by atoms with van der Waals surface area (Å²) in [5, 5.41) is 9.29. The third-order valence-corrected chi connectivity index (χ3v) is 1.61. The van der Waals surface area contributed by atoms with Gasteiger partial charge in [-0.15, -0.1) is 5.92 Å². The Morgan fingerprint density at radius 2 is 2.20 bits per heavy atom. The van der Waals surface area contributed by atoms with E-state index in [0.717, 1.165) is 19.6 Å². The van der Waals surface area contributed by atoms with Gasteiger partial charge >= 0.3 is 0 Å². The molecular formula is C8H13NO. The van der Waals surface area contributed by atoms with Gasteiger partial charge in [-0.25, -0.2) is 0 Å². The smallest absolute Gasteiger partial charge is 0.0872 e. The molecule has 0 atom stereocenters. The van der Waals surface area contributed by atoms with Crippen molar-refractivity contribution in [2.24, 2.45) is 0 Å². The van der Waals surface area contributed by atoms with Crippen LogP contribution in [-0.2, 0) is 0 Å². The summed E-state index contributed by atoms with van der Waals surface area (Å²) in [5.41, 5.74) is -0.449. The molecule has 1 heterocycles. The predicted octanol–water partition coefficient (Wildman–Crippen LogP) is 0.0763. The molecule has 0 bridgehead atoms. The summed E-state index contributed by atoms with van der Waals surface area (Å²) in [4.78, 5) is 2.12. The Kier molecular flexibility index (Phi) is 1.98. The van der Waals surface area contributed by atoms with Crippen molar-refractivity contribution >= 4 is 0 Å². The van der Waals surface area contributed by atoms with Crippen LogP contribution < -0.4 is 0 Å². The number of aliphatic hydroxyl groups is 1. The molecule has 2 nitrogen and oxygen atoms in total. The summed E-state index contributed by atoms with van der Waals surface area (Å²) < 4.78 is 0. The first kappa shape index (κ1) is 7.59. The van der Waals surface area contributed by atoms with Gasteiger partial charge in [0.1, 0.15) is 0 Å². The molecule has 1 aliphatic heterocycles. The zero-order valence-corrected chi connectivity index (χ0v) is 6.52. The summed E-state index contributed by atoms with van der Waals surface area (Å²) in [6, 6.07) is 0. The van der Waals surface area contributed by atoms with Crippen molar-refractivity contribution in [1.29, 1.82) is 0 Å². The highest BCUT2D eigenvalue weighted by molar-refractivity contribution is 5.02. The number of nitrogens with zero attached hydrogens (tertiary/aromatic N) is 1. The highest BCUT2D eigenvalue weighted by Crippen LogP contribution is 2.18. The molecule has 10 heavy (non-hydrogen) atoms. The van der Waals surface area contributed by atoms with E-state index >= 15 is 0 Å². The first-order valence-electron chi connectivity index (χ1n) is 3.48. The minimum atomic E-state index is -0.449. The molecular weight excluding hydrogens is 126 g/mol. The average Bonchev–Trinajstić information content (AvgIpc) is 1.78. The molecule has 2 heteroatoms. The van der Waals surface area contributed by atoms with Crippen LogP contribution in [0.3, 0.4) is 0 Å².